The largest absolute Gasteiger partial charge is 0.465 e. The minimum atomic E-state index is -0.401. The number of hydrogen-bond acceptors (Lipinski definition) is 5. The van der Waals surface area contributed by atoms with Gasteiger partial charge in [0.25, 0.3) is 0 Å². The molecule has 0 aliphatic rings. The SMILES string of the molecule is COC(=O)c1ccc(CN(C)c2cc(Cl)ccc2N)nc1. The Bertz CT molecular complexity index is 644. The third-order valence-corrected chi connectivity index (χ3v) is 3.28. The highest BCUT2D eigenvalue weighted by Crippen LogP contribution is 2.26. The van der Waals surface area contributed by atoms with Gasteiger partial charge in [-0.15, -0.1) is 0 Å². The molecule has 21 heavy (non-hydrogen) atoms. The fourth-order valence-electron chi connectivity index (χ4n) is 1.93. The first-order valence-electron chi connectivity index (χ1n) is 6.30. The van der Waals surface area contributed by atoms with Crippen LogP contribution in [0.2, 0.25) is 5.02 Å². The van der Waals surface area contributed by atoms with Gasteiger partial charge in [-0.05, 0) is 30.3 Å². The summed E-state index contributed by atoms with van der Waals surface area (Å²) in [5, 5.41) is 0.625. The van der Waals surface area contributed by atoms with E-state index in [1.54, 1.807) is 30.3 Å². The molecule has 0 saturated carbocycles. The summed E-state index contributed by atoms with van der Waals surface area (Å²) in [4.78, 5) is 17.5. The normalized spacial score (nSPS) is 10.2. The van der Waals surface area contributed by atoms with Crippen molar-refractivity contribution in [3.8, 4) is 0 Å². The lowest BCUT2D eigenvalue weighted by molar-refractivity contribution is 0.0600. The van der Waals surface area contributed by atoms with E-state index in [1.165, 1.54) is 13.3 Å². The summed E-state index contributed by atoms with van der Waals surface area (Å²) < 4.78 is 4.63. The number of methoxy groups -OCH3 is 1. The van der Waals surface area contributed by atoms with Crippen molar-refractivity contribution in [2.24, 2.45) is 0 Å². The summed E-state index contributed by atoms with van der Waals surface area (Å²) in [6, 6.07) is 8.78. The Morgan fingerprint density at radius 1 is 1.38 bits per heavy atom. The van der Waals surface area contributed by atoms with Crippen LogP contribution in [0.25, 0.3) is 0 Å². The van der Waals surface area contributed by atoms with Crippen molar-refractivity contribution in [3.63, 3.8) is 0 Å². The van der Waals surface area contributed by atoms with Crippen molar-refractivity contribution in [1.29, 1.82) is 0 Å². The zero-order valence-corrected chi connectivity index (χ0v) is 12.6. The molecule has 0 amide bonds. The molecule has 6 heteroatoms. The van der Waals surface area contributed by atoms with Crippen LogP contribution >= 0.6 is 11.6 Å². The van der Waals surface area contributed by atoms with E-state index in [4.69, 9.17) is 17.3 Å². The van der Waals surface area contributed by atoms with Crippen LogP contribution in [-0.4, -0.2) is 25.1 Å². The van der Waals surface area contributed by atoms with Crippen LogP contribution in [0.1, 0.15) is 16.1 Å². The molecule has 0 aliphatic heterocycles. The molecule has 1 aromatic heterocycles. The van der Waals surface area contributed by atoms with E-state index in [2.05, 4.69) is 9.72 Å². The quantitative estimate of drug-likeness (QED) is 0.695. The predicted molar refractivity (Wildman–Crippen MR) is 83.5 cm³/mol. The number of halogens is 1. The molecule has 0 spiro atoms. The van der Waals surface area contributed by atoms with Crippen LogP contribution in [0.15, 0.2) is 36.5 Å². The first-order valence-corrected chi connectivity index (χ1v) is 6.68. The second kappa shape index (κ2) is 6.45. The summed E-state index contributed by atoms with van der Waals surface area (Å²) >= 11 is 5.99. The van der Waals surface area contributed by atoms with Gasteiger partial charge in [0.15, 0.2) is 0 Å². The number of benzene rings is 1. The molecule has 0 bridgehead atoms. The molecular formula is C15H16ClN3O2. The Labute approximate surface area is 128 Å². The average molecular weight is 306 g/mol. The maximum absolute atomic E-state index is 11.3. The van der Waals surface area contributed by atoms with Crippen LogP contribution in [0, 0.1) is 0 Å². The average Bonchev–Trinajstić information content (AvgIpc) is 2.49. The minimum Gasteiger partial charge on any atom is -0.465 e. The van der Waals surface area contributed by atoms with Gasteiger partial charge in [-0.25, -0.2) is 4.79 Å². The number of carbonyl (C=O) groups excluding carboxylic acids is 1. The standard InChI is InChI=1S/C15H16ClN3O2/c1-19(14-7-11(16)4-6-13(14)17)9-12-5-3-10(8-18-12)15(20)21-2/h3-8H,9,17H2,1-2H3. The Kier molecular flexibility index (Phi) is 4.65. The zero-order valence-electron chi connectivity index (χ0n) is 11.8. The van der Waals surface area contributed by atoms with Crippen molar-refractivity contribution in [3.05, 3.63) is 52.8 Å². The molecule has 1 heterocycles. The van der Waals surface area contributed by atoms with E-state index in [1.807, 2.05) is 11.9 Å². The summed E-state index contributed by atoms with van der Waals surface area (Å²) in [5.74, 6) is -0.401. The number of esters is 1. The third kappa shape index (κ3) is 3.64. The van der Waals surface area contributed by atoms with E-state index in [0.717, 1.165) is 11.4 Å². The van der Waals surface area contributed by atoms with Crippen LogP contribution in [-0.2, 0) is 11.3 Å². The number of aromatic nitrogens is 1. The number of pyridine rings is 1. The number of nitrogens with two attached hydrogens (primary N) is 1. The van der Waals surface area contributed by atoms with Crippen molar-refractivity contribution in [2.45, 2.75) is 6.54 Å². The van der Waals surface area contributed by atoms with Crippen LogP contribution in [0.5, 0.6) is 0 Å². The van der Waals surface area contributed by atoms with Gasteiger partial charge in [0, 0.05) is 18.3 Å². The molecule has 0 fully saturated rings. The summed E-state index contributed by atoms with van der Waals surface area (Å²) in [6.45, 7) is 0.548. The van der Waals surface area contributed by atoms with Crippen molar-refractivity contribution in [1.82, 2.24) is 4.98 Å². The summed E-state index contributed by atoms with van der Waals surface area (Å²) in [7, 11) is 3.24. The fourth-order valence-corrected chi connectivity index (χ4v) is 2.10. The molecule has 0 saturated heterocycles. The van der Waals surface area contributed by atoms with Crippen molar-refractivity contribution < 1.29 is 9.53 Å². The molecule has 5 nitrogen and oxygen atoms in total. The topological polar surface area (TPSA) is 68.5 Å². The highest BCUT2D eigenvalue weighted by molar-refractivity contribution is 6.31. The number of carbonyl (C=O) groups is 1. The lowest BCUT2D eigenvalue weighted by Gasteiger charge is -2.21. The third-order valence-electron chi connectivity index (χ3n) is 3.05. The molecule has 110 valence electrons. The highest BCUT2D eigenvalue weighted by atomic mass is 35.5. The van der Waals surface area contributed by atoms with Gasteiger partial charge < -0.3 is 15.4 Å². The number of nitrogen functional groups attached to an aromatic ring is 1. The van der Waals surface area contributed by atoms with Crippen LogP contribution in [0.4, 0.5) is 11.4 Å². The van der Waals surface area contributed by atoms with Gasteiger partial charge in [-0.2, -0.15) is 0 Å². The van der Waals surface area contributed by atoms with E-state index < -0.39 is 5.97 Å². The van der Waals surface area contributed by atoms with Gasteiger partial charge in [0.05, 0.1) is 36.3 Å². The second-order valence-corrected chi connectivity index (χ2v) is 5.03. The molecule has 2 rings (SSSR count). The number of rotatable bonds is 4. The Morgan fingerprint density at radius 3 is 2.76 bits per heavy atom. The number of hydrogen-bond donors (Lipinski definition) is 1. The van der Waals surface area contributed by atoms with Gasteiger partial charge >= 0.3 is 5.97 Å². The molecule has 2 N–H and O–H groups in total. The van der Waals surface area contributed by atoms with Gasteiger partial charge in [-0.3, -0.25) is 4.98 Å². The minimum absolute atomic E-state index is 0.401. The number of ether oxygens (including phenoxy) is 1. The Morgan fingerprint density at radius 2 is 2.14 bits per heavy atom. The smallest absolute Gasteiger partial charge is 0.339 e. The Hall–Kier alpha value is -2.27. The Balaban J connectivity index is 2.14. The lowest BCUT2D eigenvalue weighted by Crippen LogP contribution is -2.18. The molecule has 2 aromatic rings. The predicted octanol–water partition coefficient (Wildman–Crippen LogP) is 2.74. The van der Waals surface area contributed by atoms with Crippen LogP contribution in [0.3, 0.4) is 0 Å². The molecule has 0 unspecified atom stereocenters. The second-order valence-electron chi connectivity index (χ2n) is 4.59. The molecular weight excluding hydrogens is 290 g/mol. The number of nitrogens with zero attached hydrogens (tertiary/aromatic N) is 2. The highest BCUT2D eigenvalue weighted by Gasteiger charge is 2.09. The molecule has 0 aliphatic carbocycles. The molecule has 0 radical (unpaired) electrons. The first kappa shape index (κ1) is 15.1. The van der Waals surface area contributed by atoms with E-state index in [0.29, 0.717) is 22.8 Å². The van der Waals surface area contributed by atoms with E-state index >= 15 is 0 Å². The summed E-state index contributed by atoms with van der Waals surface area (Å²) in [6.07, 6.45) is 1.50. The van der Waals surface area contributed by atoms with E-state index in [9.17, 15) is 4.79 Å². The lowest BCUT2D eigenvalue weighted by atomic mass is 10.2. The maximum Gasteiger partial charge on any atom is 0.339 e. The maximum atomic E-state index is 11.3. The van der Waals surface area contributed by atoms with Crippen LogP contribution < -0.4 is 10.6 Å². The fraction of sp³-hybridized carbons (Fsp3) is 0.200. The van der Waals surface area contributed by atoms with Gasteiger partial charge in [0.2, 0.25) is 0 Å². The van der Waals surface area contributed by atoms with E-state index in [-0.39, 0.29) is 0 Å². The number of anilines is 2. The van der Waals surface area contributed by atoms with Gasteiger partial charge in [-0.1, -0.05) is 11.6 Å². The summed E-state index contributed by atoms with van der Waals surface area (Å²) in [5.41, 5.74) is 8.66. The van der Waals surface area contributed by atoms with Crippen molar-refractivity contribution in [2.75, 3.05) is 24.8 Å². The zero-order chi connectivity index (χ0) is 15.4. The molecule has 0 atom stereocenters. The monoisotopic (exact) mass is 305 g/mol. The van der Waals surface area contributed by atoms with Gasteiger partial charge in [0.1, 0.15) is 0 Å². The molecule has 1 aromatic carbocycles. The van der Waals surface area contributed by atoms with Crippen molar-refractivity contribution >= 4 is 28.9 Å². The first-order chi connectivity index (χ1) is 10.0.